The summed E-state index contributed by atoms with van der Waals surface area (Å²) in [7, 11) is 0. The van der Waals surface area contributed by atoms with Crippen LogP contribution in [0.25, 0.3) is 0 Å². The van der Waals surface area contributed by atoms with E-state index < -0.39 is 0 Å². The van der Waals surface area contributed by atoms with Crippen molar-refractivity contribution in [3.05, 3.63) is 12.2 Å². The fraction of sp³-hybridized carbons (Fsp3) is 0.800. The molecule has 0 aromatic rings. The quantitative estimate of drug-likeness (QED) is 0.483. The molecule has 0 heterocycles. The Kier molecular flexibility index (Phi) is 2.04. The molecule has 1 heteroatoms. The van der Waals surface area contributed by atoms with Crippen LogP contribution >= 0.6 is 12.2 Å². The Bertz CT molecular complexity index is 381. The van der Waals surface area contributed by atoms with E-state index >= 15 is 0 Å². The second-order valence-electron chi connectivity index (χ2n) is 6.99. The molecule has 0 aromatic heterocycles. The molecule has 0 nitrogen and oxygen atoms in total. The minimum absolute atomic E-state index is 0.248. The molecule has 0 amide bonds. The minimum Gasteiger partial charge on any atom is -0.0884 e. The second-order valence-corrected chi connectivity index (χ2v) is 7.43. The maximum atomic E-state index is 5.81. The van der Waals surface area contributed by atoms with Gasteiger partial charge in [-0.25, -0.2) is 0 Å². The van der Waals surface area contributed by atoms with Crippen LogP contribution in [0.2, 0.25) is 0 Å². The Labute approximate surface area is 105 Å². The van der Waals surface area contributed by atoms with E-state index in [-0.39, 0.29) is 5.41 Å². The van der Waals surface area contributed by atoms with Gasteiger partial charge < -0.3 is 0 Å². The summed E-state index contributed by atoms with van der Waals surface area (Å²) in [5.41, 5.74) is 0.700. The number of hydrogen-bond donors (Lipinski definition) is 0. The van der Waals surface area contributed by atoms with Gasteiger partial charge in [-0.2, -0.15) is 0 Å². The van der Waals surface area contributed by atoms with E-state index in [9.17, 15) is 0 Å². The zero-order chi connectivity index (χ0) is 11.7. The van der Waals surface area contributed by atoms with Gasteiger partial charge in [0.05, 0.1) is 0 Å². The minimum atomic E-state index is 0.248. The Hall–Kier alpha value is -0.170. The molecule has 4 bridgehead atoms. The molecule has 0 unspecified atom stereocenters. The molecule has 3 fully saturated rings. The van der Waals surface area contributed by atoms with E-state index in [1.165, 1.54) is 17.7 Å². The van der Waals surface area contributed by atoms with Crippen LogP contribution in [0.5, 0.6) is 0 Å². The molecular formula is C15H22S. The van der Waals surface area contributed by atoms with E-state index in [2.05, 4.69) is 39.8 Å². The maximum Gasteiger partial charge on any atom is 0.0207 e. The predicted octanol–water partition coefficient (Wildman–Crippen LogP) is 4.25. The highest BCUT2D eigenvalue weighted by molar-refractivity contribution is 7.80. The zero-order valence-corrected chi connectivity index (χ0v) is 11.6. The summed E-state index contributed by atoms with van der Waals surface area (Å²) in [5, 5.41) is 0. The van der Waals surface area contributed by atoms with Gasteiger partial charge in [0.25, 0.3) is 0 Å². The summed E-state index contributed by atoms with van der Waals surface area (Å²) in [6, 6.07) is 0. The lowest BCUT2D eigenvalue weighted by Crippen LogP contribution is -2.56. The molecule has 3 saturated carbocycles. The fourth-order valence-corrected chi connectivity index (χ4v) is 5.21. The van der Waals surface area contributed by atoms with Gasteiger partial charge in [-0.1, -0.05) is 52.1 Å². The largest absolute Gasteiger partial charge is 0.0884 e. The van der Waals surface area contributed by atoms with E-state index in [1.54, 1.807) is 0 Å². The first-order valence-electron chi connectivity index (χ1n) is 6.63. The molecule has 0 spiro atoms. The van der Waals surface area contributed by atoms with Crippen molar-refractivity contribution in [1.82, 2.24) is 0 Å². The van der Waals surface area contributed by atoms with Crippen molar-refractivity contribution in [3.8, 4) is 0 Å². The van der Waals surface area contributed by atoms with Gasteiger partial charge in [0.15, 0.2) is 0 Å². The number of allylic oxidation sites excluding steroid dienone is 2. The molecule has 0 radical (unpaired) electrons. The average Bonchev–Trinajstić information content (AvgIpc) is 2.44. The summed E-state index contributed by atoms with van der Waals surface area (Å²) in [6.07, 6.45) is 7.60. The number of hydrogen-bond acceptors (Lipinski definition) is 1. The molecule has 5 atom stereocenters. The highest BCUT2D eigenvalue weighted by Crippen LogP contribution is 2.66. The smallest absolute Gasteiger partial charge is 0.0207 e. The summed E-state index contributed by atoms with van der Waals surface area (Å²) in [4.78, 5) is 1.37. The number of fused-ring (bicyclic) bond motifs is 1. The average molecular weight is 234 g/mol. The van der Waals surface area contributed by atoms with Crippen LogP contribution in [0.1, 0.15) is 40.5 Å². The lowest BCUT2D eigenvalue weighted by molar-refractivity contribution is 0.0183. The van der Waals surface area contributed by atoms with E-state index in [1.807, 2.05) is 0 Å². The normalized spacial score (nSPS) is 54.1. The van der Waals surface area contributed by atoms with E-state index in [4.69, 9.17) is 12.2 Å². The third kappa shape index (κ3) is 1.08. The van der Waals surface area contributed by atoms with Gasteiger partial charge in [0.2, 0.25) is 0 Å². The highest BCUT2D eigenvalue weighted by Gasteiger charge is 2.62. The molecule has 4 aliphatic rings. The van der Waals surface area contributed by atoms with Crippen LogP contribution in [0, 0.1) is 34.5 Å². The SMILES string of the molecule is CC(C)[C@@H]1C[C@@H]2[C@@]3(C)C=C[C@]2(C)C(=S)[C@@H]1C3. The standard InChI is InChI=1S/C15H22S/c1-9(2)10-7-12-14(3)5-6-15(12,4)13(16)11(10)8-14/h5-6,9-12H,7-8H2,1-4H3/t10-,11+,12+,14-,15-/m0/s1. The van der Waals surface area contributed by atoms with Gasteiger partial charge in [0.1, 0.15) is 0 Å². The highest BCUT2D eigenvalue weighted by atomic mass is 32.1. The predicted molar refractivity (Wildman–Crippen MR) is 72.5 cm³/mol. The van der Waals surface area contributed by atoms with Crippen molar-refractivity contribution in [2.45, 2.75) is 40.5 Å². The maximum absolute atomic E-state index is 5.81. The molecule has 4 rings (SSSR count). The molecule has 88 valence electrons. The van der Waals surface area contributed by atoms with Gasteiger partial charge in [0, 0.05) is 10.3 Å². The second kappa shape index (κ2) is 2.98. The first kappa shape index (κ1) is 11.0. The molecule has 0 aromatic carbocycles. The lowest BCUT2D eigenvalue weighted by atomic mass is 9.47. The first-order valence-corrected chi connectivity index (χ1v) is 7.04. The van der Waals surface area contributed by atoms with Crippen molar-refractivity contribution >= 4 is 17.1 Å². The summed E-state index contributed by atoms with van der Waals surface area (Å²) < 4.78 is 0. The molecule has 16 heavy (non-hydrogen) atoms. The van der Waals surface area contributed by atoms with Gasteiger partial charge >= 0.3 is 0 Å². The van der Waals surface area contributed by atoms with Crippen LogP contribution in [0.3, 0.4) is 0 Å². The Morgan fingerprint density at radius 3 is 2.62 bits per heavy atom. The molecule has 0 N–H and O–H groups in total. The van der Waals surface area contributed by atoms with Crippen LogP contribution < -0.4 is 0 Å². The van der Waals surface area contributed by atoms with Crippen LogP contribution in [-0.2, 0) is 0 Å². The fourth-order valence-electron chi connectivity index (χ4n) is 4.74. The summed E-state index contributed by atoms with van der Waals surface area (Å²) in [5.74, 6) is 3.12. The van der Waals surface area contributed by atoms with Crippen molar-refractivity contribution in [2.24, 2.45) is 34.5 Å². The van der Waals surface area contributed by atoms with Crippen LogP contribution in [0.15, 0.2) is 12.2 Å². The van der Waals surface area contributed by atoms with Crippen molar-refractivity contribution in [3.63, 3.8) is 0 Å². The first-order chi connectivity index (χ1) is 7.38. The third-order valence-electron chi connectivity index (χ3n) is 5.74. The Morgan fingerprint density at radius 1 is 1.31 bits per heavy atom. The van der Waals surface area contributed by atoms with E-state index in [0.29, 0.717) is 11.3 Å². The van der Waals surface area contributed by atoms with E-state index in [0.717, 1.165) is 17.8 Å². The van der Waals surface area contributed by atoms with Crippen LogP contribution in [0.4, 0.5) is 0 Å². The van der Waals surface area contributed by atoms with Gasteiger partial charge in [-0.15, -0.1) is 0 Å². The summed E-state index contributed by atoms with van der Waals surface area (Å²) >= 11 is 5.81. The zero-order valence-electron chi connectivity index (χ0n) is 10.8. The lowest BCUT2D eigenvalue weighted by Gasteiger charge is -2.58. The molecule has 4 aliphatic carbocycles. The molecular weight excluding hydrogens is 212 g/mol. The third-order valence-corrected chi connectivity index (χ3v) is 6.48. The Balaban J connectivity index is 2.05. The monoisotopic (exact) mass is 234 g/mol. The van der Waals surface area contributed by atoms with Crippen LogP contribution in [-0.4, -0.2) is 4.86 Å². The van der Waals surface area contributed by atoms with Crippen molar-refractivity contribution in [2.75, 3.05) is 0 Å². The van der Waals surface area contributed by atoms with Gasteiger partial charge in [-0.05, 0) is 41.9 Å². The van der Waals surface area contributed by atoms with Crippen molar-refractivity contribution in [1.29, 1.82) is 0 Å². The topological polar surface area (TPSA) is 0 Å². The van der Waals surface area contributed by atoms with Gasteiger partial charge in [-0.3, -0.25) is 0 Å². The number of thiocarbonyl (C=S) groups is 1. The Morgan fingerprint density at radius 2 is 2.00 bits per heavy atom. The molecule has 0 saturated heterocycles. The van der Waals surface area contributed by atoms with Crippen molar-refractivity contribution < 1.29 is 0 Å². The summed E-state index contributed by atoms with van der Waals surface area (Å²) in [6.45, 7) is 9.57. The molecule has 0 aliphatic heterocycles. The number of rotatable bonds is 1.